The standard InChI is InChI=1S/C9H6ClNOS2/c10-9-2-1-6(14-9)3-7(12)8-4-11-5-13-8/h1-2,4-5H,3H2. The predicted octanol–water partition coefficient (Wildman–Crippen LogP) is 3.28. The molecule has 0 saturated heterocycles. The Balaban J connectivity index is 2.09. The van der Waals surface area contributed by atoms with Crippen LogP contribution >= 0.6 is 34.3 Å². The third-order valence-corrected chi connectivity index (χ3v) is 3.72. The zero-order chi connectivity index (χ0) is 9.97. The Bertz CT molecular complexity index is 435. The van der Waals surface area contributed by atoms with Crippen LogP contribution in [0.25, 0.3) is 0 Å². The van der Waals surface area contributed by atoms with Gasteiger partial charge in [0.15, 0.2) is 5.78 Å². The van der Waals surface area contributed by atoms with Crippen LogP contribution in [0.3, 0.4) is 0 Å². The summed E-state index contributed by atoms with van der Waals surface area (Å²) in [4.78, 5) is 17.2. The zero-order valence-electron chi connectivity index (χ0n) is 7.07. The molecule has 0 aliphatic heterocycles. The lowest BCUT2D eigenvalue weighted by molar-refractivity contribution is 0.0997. The second kappa shape index (κ2) is 4.21. The smallest absolute Gasteiger partial charge is 0.179 e. The first kappa shape index (κ1) is 9.83. The van der Waals surface area contributed by atoms with Crippen molar-refractivity contribution >= 4 is 40.1 Å². The SMILES string of the molecule is O=C(Cc1ccc(Cl)s1)c1cncs1. The fourth-order valence-corrected chi connectivity index (χ4v) is 2.69. The first-order valence-electron chi connectivity index (χ1n) is 3.91. The van der Waals surface area contributed by atoms with Crippen molar-refractivity contribution in [2.45, 2.75) is 6.42 Å². The lowest BCUT2D eigenvalue weighted by atomic mass is 10.2. The highest BCUT2D eigenvalue weighted by molar-refractivity contribution is 7.16. The minimum Gasteiger partial charge on any atom is -0.293 e. The molecule has 2 nitrogen and oxygen atoms in total. The number of carbonyl (C=O) groups is 1. The number of thiazole rings is 1. The van der Waals surface area contributed by atoms with E-state index in [9.17, 15) is 4.79 Å². The Kier molecular flexibility index (Phi) is 2.96. The molecule has 5 heteroatoms. The third-order valence-electron chi connectivity index (χ3n) is 1.67. The highest BCUT2D eigenvalue weighted by Crippen LogP contribution is 2.23. The van der Waals surface area contributed by atoms with Crippen LogP contribution < -0.4 is 0 Å². The van der Waals surface area contributed by atoms with Gasteiger partial charge in [-0.05, 0) is 12.1 Å². The molecule has 14 heavy (non-hydrogen) atoms. The lowest BCUT2D eigenvalue weighted by Gasteiger charge is -1.92. The summed E-state index contributed by atoms with van der Waals surface area (Å²) in [5, 5.41) is 0. The zero-order valence-corrected chi connectivity index (χ0v) is 9.46. The van der Waals surface area contributed by atoms with Gasteiger partial charge < -0.3 is 0 Å². The van der Waals surface area contributed by atoms with Gasteiger partial charge >= 0.3 is 0 Å². The molecule has 72 valence electrons. The van der Waals surface area contributed by atoms with Crippen molar-refractivity contribution in [2.75, 3.05) is 0 Å². The van der Waals surface area contributed by atoms with E-state index >= 15 is 0 Å². The summed E-state index contributed by atoms with van der Waals surface area (Å²) < 4.78 is 0.720. The molecule has 0 atom stereocenters. The van der Waals surface area contributed by atoms with Crippen molar-refractivity contribution in [1.29, 1.82) is 0 Å². The van der Waals surface area contributed by atoms with Crippen LogP contribution in [-0.4, -0.2) is 10.8 Å². The van der Waals surface area contributed by atoms with Crippen molar-refractivity contribution in [3.8, 4) is 0 Å². The number of hydrogen-bond acceptors (Lipinski definition) is 4. The third kappa shape index (κ3) is 2.20. The fourth-order valence-electron chi connectivity index (χ4n) is 1.05. The van der Waals surface area contributed by atoms with Crippen LogP contribution in [0, 0.1) is 0 Å². The van der Waals surface area contributed by atoms with Gasteiger partial charge in [0, 0.05) is 17.5 Å². The molecule has 0 spiro atoms. The molecule has 2 aromatic heterocycles. The predicted molar refractivity (Wildman–Crippen MR) is 59.5 cm³/mol. The molecule has 0 N–H and O–H groups in total. The molecule has 2 heterocycles. The summed E-state index contributed by atoms with van der Waals surface area (Å²) in [6, 6.07) is 3.69. The maximum atomic E-state index is 11.6. The van der Waals surface area contributed by atoms with E-state index in [0.29, 0.717) is 11.3 Å². The number of hydrogen-bond donors (Lipinski definition) is 0. The highest BCUT2D eigenvalue weighted by Gasteiger charge is 2.09. The minimum absolute atomic E-state index is 0.103. The lowest BCUT2D eigenvalue weighted by Crippen LogP contribution is -1.98. The Morgan fingerprint density at radius 2 is 2.36 bits per heavy atom. The van der Waals surface area contributed by atoms with E-state index < -0.39 is 0 Å². The average molecular weight is 244 g/mol. The van der Waals surface area contributed by atoms with Crippen LogP contribution in [0.2, 0.25) is 4.34 Å². The molecular weight excluding hydrogens is 238 g/mol. The van der Waals surface area contributed by atoms with Crippen molar-refractivity contribution in [3.05, 3.63) is 37.9 Å². The molecule has 0 saturated carbocycles. The molecule has 0 fully saturated rings. The summed E-state index contributed by atoms with van der Waals surface area (Å²) in [6.07, 6.45) is 2.02. The number of thiophene rings is 1. The first-order valence-corrected chi connectivity index (χ1v) is 5.99. The number of nitrogens with zero attached hydrogens (tertiary/aromatic N) is 1. The number of carbonyl (C=O) groups excluding carboxylic acids is 1. The Morgan fingerprint density at radius 3 is 2.93 bits per heavy atom. The van der Waals surface area contributed by atoms with Gasteiger partial charge in [-0.3, -0.25) is 9.78 Å². The summed E-state index contributed by atoms with van der Waals surface area (Å²) in [6.45, 7) is 0. The summed E-state index contributed by atoms with van der Waals surface area (Å²) >= 11 is 8.58. The van der Waals surface area contributed by atoms with E-state index in [2.05, 4.69) is 4.98 Å². The summed E-state index contributed by atoms with van der Waals surface area (Å²) in [5.74, 6) is 0.103. The van der Waals surface area contributed by atoms with Gasteiger partial charge in [-0.2, -0.15) is 0 Å². The van der Waals surface area contributed by atoms with Crippen molar-refractivity contribution < 1.29 is 4.79 Å². The normalized spacial score (nSPS) is 10.4. The van der Waals surface area contributed by atoms with Crippen molar-refractivity contribution in [2.24, 2.45) is 0 Å². The molecular formula is C9H6ClNOS2. The van der Waals surface area contributed by atoms with Gasteiger partial charge in [-0.1, -0.05) is 11.6 Å². The molecule has 0 aliphatic carbocycles. The van der Waals surface area contributed by atoms with Gasteiger partial charge in [0.1, 0.15) is 0 Å². The molecule has 2 aromatic rings. The van der Waals surface area contributed by atoms with E-state index in [4.69, 9.17) is 11.6 Å². The Hall–Kier alpha value is -0.710. The Morgan fingerprint density at radius 1 is 1.50 bits per heavy atom. The quantitative estimate of drug-likeness (QED) is 0.775. The maximum absolute atomic E-state index is 11.6. The largest absolute Gasteiger partial charge is 0.293 e. The van der Waals surface area contributed by atoms with Crippen molar-refractivity contribution in [1.82, 2.24) is 4.98 Å². The van der Waals surface area contributed by atoms with Crippen LogP contribution in [0.4, 0.5) is 0 Å². The fraction of sp³-hybridized carbons (Fsp3) is 0.111. The second-order valence-electron chi connectivity index (χ2n) is 2.67. The summed E-state index contributed by atoms with van der Waals surface area (Å²) in [5.41, 5.74) is 1.66. The van der Waals surface area contributed by atoms with E-state index in [0.717, 1.165) is 9.21 Å². The molecule has 0 aromatic carbocycles. The van der Waals surface area contributed by atoms with E-state index in [-0.39, 0.29) is 5.78 Å². The van der Waals surface area contributed by atoms with Crippen LogP contribution in [0.1, 0.15) is 14.5 Å². The van der Waals surface area contributed by atoms with Crippen molar-refractivity contribution in [3.63, 3.8) is 0 Å². The maximum Gasteiger partial charge on any atom is 0.179 e. The van der Waals surface area contributed by atoms with Crippen LogP contribution in [0.15, 0.2) is 23.8 Å². The minimum atomic E-state index is 0.103. The number of halogens is 1. The van der Waals surface area contributed by atoms with Gasteiger partial charge in [-0.25, -0.2) is 0 Å². The number of ketones is 1. The van der Waals surface area contributed by atoms with E-state index in [1.165, 1.54) is 22.7 Å². The van der Waals surface area contributed by atoms with Gasteiger partial charge in [0.2, 0.25) is 0 Å². The topological polar surface area (TPSA) is 30.0 Å². The molecule has 0 radical (unpaired) electrons. The van der Waals surface area contributed by atoms with E-state index in [1.807, 2.05) is 12.1 Å². The molecule has 0 aliphatic rings. The highest BCUT2D eigenvalue weighted by atomic mass is 35.5. The van der Waals surface area contributed by atoms with E-state index in [1.54, 1.807) is 11.7 Å². The number of Topliss-reactive ketones (excluding diaryl/α,β-unsaturated/α-hetero) is 1. The molecule has 0 bridgehead atoms. The Labute approximate surface area is 94.2 Å². The molecule has 0 amide bonds. The van der Waals surface area contributed by atoms with Gasteiger partial charge in [0.05, 0.1) is 14.7 Å². The van der Waals surface area contributed by atoms with Gasteiger partial charge in [0.25, 0.3) is 0 Å². The molecule has 2 rings (SSSR count). The summed E-state index contributed by atoms with van der Waals surface area (Å²) in [7, 11) is 0. The average Bonchev–Trinajstić information content (AvgIpc) is 2.75. The van der Waals surface area contributed by atoms with Gasteiger partial charge in [-0.15, -0.1) is 22.7 Å². The van der Waals surface area contributed by atoms with Crippen LogP contribution in [0.5, 0.6) is 0 Å². The first-order chi connectivity index (χ1) is 6.75. The number of aromatic nitrogens is 1. The van der Waals surface area contributed by atoms with Crippen LogP contribution in [-0.2, 0) is 6.42 Å². The monoisotopic (exact) mass is 243 g/mol. The second-order valence-corrected chi connectivity index (χ2v) is 5.36. The molecule has 0 unspecified atom stereocenters. The number of rotatable bonds is 3.